The molecule has 0 spiro atoms. The Labute approximate surface area is 123 Å². The van der Waals surface area contributed by atoms with E-state index >= 15 is 0 Å². The number of nitrogens with two attached hydrogens (primary N) is 1. The number of aliphatic imine (C=N–C) groups is 1. The number of benzene rings is 1. The molecular weight excluding hydrogens is 280 g/mol. The zero-order valence-electron chi connectivity index (χ0n) is 10.8. The summed E-state index contributed by atoms with van der Waals surface area (Å²) in [5, 5.41) is 3.92. The van der Waals surface area contributed by atoms with Crippen LogP contribution in [0.25, 0.3) is 0 Å². The number of nitrogens with zero attached hydrogens (tertiary/aromatic N) is 2. The molecule has 1 aliphatic rings. The molecule has 102 valence electrons. The van der Waals surface area contributed by atoms with Crippen molar-refractivity contribution >= 4 is 34.8 Å². The van der Waals surface area contributed by atoms with Gasteiger partial charge in [0.2, 0.25) is 0 Å². The quantitative estimate of drug-likeness (QED) is 0.834. The first kappa shape index (κ1) is 14.1. The average molecular weight is 297 g/mol. The highest BCUT2D eigenvalue weighted by Crippen LogP contribution is 2.23. The van der Waals surface area contributed by atoms with Gasteiger partial charge in [0, 0.05) is 11.6 Å². The molecule has 1 heterocycles. The molecule has 0 saturated carbocycles. The van der Waals surface area contributed by atoms with Gasteiger partial charge >= 0.3 is 0 Å². The fraction of sp³-hybridized carbons (Fsp3) is 0.385. The third-order valence-electron chi connectivity index (χ3n) is 3.12. The number of hydrogen-bond acceptors (Lipinski definition) is 4. The van der Waals surface area contributed by atoms with Crippen LogP contribution in [0.1, 0.15) is 18.5 Å². The number of nitrogens with one attached hydrogen (secondary N) is 1. The van der Waals surface area contributed by atoms with E-state index in [1.807, 2.05) is 24.3 Å². The lowest BCUT2D eigenvalue weighted by Gasteiger charge is -2.28. The molecule has 1 atom stereocenters. The van der Waals surface area contributed by atoms with Crippen LogP contribution in [0.2, 0.25) is 5.02 Å². The Hall–Kier alpha value is -1.33. The molecule has 2 rings (SSSR count). The maximum absolute atomic E-state index is 5.91. The summed E-state index contributed by atoms with van der Waals surface area (Å²) < 4.78 is 0. The highest BCUT2D eigenvalue weighted by molar-refractivity contribution is 7.80. The highest BCUT2D eigenvalue weighted by Gasteiger charge is 2.23. The molecule has 0 aliphatic carbocycles. The van der Waals surface area contributed by atoms with Gasteiger partial charge in [-0.2, -0.15) is 0 Å². The van der Waals surface area contributed by atoms with E-state index in [1.165, 1.54) is 5.56 Å². The Kier molecular flexibility index (Phi) is 4.61. The third kappa shape index (κ3) is 3.58. The van der Waals surface area contributed by atoms with E-state index in [0.29, 0.717) is 11.5 Å². The summed E-state index contributed by atoms with van der Waals surface area (Å²) in [6.07, 6.45) is 0. The minimum absolute atomic E-state index is 0.234. The van der Waals surface area contributed by atoms with Crippen molar-refractivity contribution in [2.45, 2.75) is 13.0 Å². The molecule has 0 saturated heterocycles. The van der Waals surface area contributed by atoms with Crippen molar-refractivity contribution in [2.24, 2.45) is 10.7 Å². The van der Waals surface area contributed by atoms with Gasteiger partial charge in [0.1, 0.15) is 0 Å². The first-order valence-electron chi connectivity index (χ1n) is 6.16. The lowest BCUT2D eigenvalue weighted by molar-refractivity contribution is 0.357. The van der Waals surface area contributed by atoms with Crippen LogP contribution in [-0.4, -0.2) is 35.5 Å². The number of guanidine groups is 1. The largest absolute Gasteiger partial charge is 0.392 e. The van der Waals surface area contributed by atoms with Crippen molar-refractivity contribution in [3.8, 4) is 0 Å². The first-order chi connectivity index (χ1) is 9.08. The fourth-order valence-corrected chi connectivity index (χ4v) is 2.28. The van der Waals surface area contributed by atoms with Gasteiger partial charge in [-0.25, -0.2) is 0 Å². The summed E-state index contributed by atoms with van der Waals surface area (Å²) in [5.74, 6) is 0.857. The molecule has 4 nitrogen and oxygen atoms in total. The van der Waals surface area contributed by atoms with Crippen LogP contribution in [0.5, 0.6) is 0 Å². The zero-order valence-corrected chi connectivity index (χ0v) is 12.3. The molecule has 0 aromatic heterocycles. The summed E-state index contributed by atoms with van der Waals surface area (Å²) in [5.41, 5.74) is 6.71. The monoisotopic (exact) mass is 296 g/mol. The van der Waals surface area contributed by atoms with Crippen molar-refractivity contribution in [1.29, 1.82) is 0 Å². The molecule has 0 bridgehead atoms. The zero-order chi connectivity index (χ0) is 13.8. The average Bonchev–Trinajstić information content (AvgIpc) is 2.84. The maximum Gasteiger partial charge on any atom is 0.194 e. The first-order valence-corrected chi connectivity index (χ1v) is 6.95. The number of hydrogen-bond donors (Lipinski definition) is 2. The fourth-order valence-electron chi connectivity index (χ4n) is 2.08. The van der Waals surface area contributed by atoms with E-state index in [0.717, 1.165) is 24.1 Å². The number of halogens is 1. The maximum atomic E-state index is 5.91. The van der Waals surface area contributed by atoms with Crippen LogP contribution >= 0.6 is 23.8 Å². The Morgan fingerprint density at radius 3 is 2.84 bits per heavy atom. The van der Waals surface area contributed by atoms with Crippen LogP contribution in [0.4, 0.5) is 0 Å². The van der Waals surface area contributed by atoms with Gasteiger partial charge in [0.15, 0.2) is 5.96 Å². The van der Waals surface area contributed by atoms with Gasteiger partial charge in [-0.1, -0.05) is 36.0 Å². The minimum Gasteiger partial charge on any atom is -0.392 e. The lowest BCUT2D eigenvalue weighted by Crippen LogP contribution is -2.42. The van der Waals surface area contributed by atoms with Gasteiger partial charge < -0.3 is 16.0 Å². The van der Waals surface area contributed by atoms with Gasteiger partial charge in [-0.15, -0.1) is 0 Å². The summed E-state index contributed by atoms with van der Waals surface area (Å²) in [6, 6.07) is 8.12. The molecule has 19 heavy (non-hydrogen) atoms. The Morgan fingerprint density at radius 1 is 1.53 bits per heavy atom. The van der Waals surface area contributed by atoms with Crippen LogP contribution in [-0.2, 0) is 0 Å². The van der Waals surface area contributed by atoms with Gasteiger partial charge in [0.05, 0.1) is 24.1 Å². The second-order valence-electron chi connectivity index (χ2n) is 4.45. The van der Waals surface area contributed by atoms with Crippen LogP contribution in [0, 0.1) is 0 Å². The van der Waals surface area contributed by atoms with Gasteiger partial charge in [0.25, 0.3) is 0 Å². The normalized spacial score (nSPS) is 16.1. The summed E-state index contributed by atoms with van der Waals surface area (Å²) in [7, 11) is 0. The molecule has 0 radical (unpaired) electrons. The lowest BCUT2D eigenvalue weighted by atomic mass is 10.1. The van der Waals surface area contributed by atoms with E-state index in [4.69, 9.17) is 29.6 Å². The van der Waals surface area contributed by atoms with Crippen molar-refractivity contribution in [2.75, 3.05) is 19.6 Å². The van der Waals surface area contributed by atoms with Crippen molar-refractivity contribution in [1.82, 2.24) is 10.2 Å². The second-order valence-corrected chi connectivity index (χ2v) is 5.41. The van der Waals surface area contributed by atoms with E-state index in [2.05, 4.69) is 22.1 Å². The molecule has 3 N–H and O–H groups in total. The molecule has 1 unspecified atom stereocenters. The molecule has 6 heteroatoms. The SMILES string of the molecule is CC(c1ccc(Cl)cc1)N1CCN=C1NCC(N)=S. The van der Waals surface area contributed by atoms with E-state index in [1.54, 1.807) is 0 Å². The van der Waals surface area contributed by atoms with E-state index in [9.17, 15) is 0 Å². The van der Waals surface area contributed by atoms with Crippen LogP contribution < -0.4 is 11.1 Å². The highest BCUT2D eigenvalue weighted by atomic mass is 35.5. The smallest absolute Gasteiger partial charge is 0.194 e. The predicted octanol–water partition coefficient (Wildman–Crippen LogP) is 1.95. The van der Waals surface area contributed by atoms with Crippen molar-refractivity contribution in [3.05, 3.63) is 34.9 Å². The third-order valence-corrected chi connectivity index (χ3v) is 3.51. The predicted molar refractivity (Wildman–Crippen MR) is 83.7 cm³/mol. The number of thiocarbonyl (C=S) groups is 1. The van der Waals surface area contributed by atoms with E-state index in [-0.39, 0.29) is 6.04 Å². The second kappa shape index (κ2) is 6.21. The van der Waals surface area contributed by atoms with Gasteiger partial charge in [-0.3, -0.25) is 4.99 Å². The Balaban J connectivity index is 2.06. The van der Waals surface area contributed by atoms with Crippen molar-refractivity contribution < 1.29 is 0 Å². The van der Waals surface area contributed by atoms with E-state index < -0.39 is 0 Å². The molecule has 1 aromatic rings. The van der Waals surface area contributed by atoms with Crippen LogP contribution in [0.3, 0.4) is 0 Å². The Bertz CT molecular complexity index is 486. The molecular formula is C13H17ClN4S. The summed E-state index contributed by atoms with van der Waals surface area (Å²) in [4.78, 5) is 7.09. The summed E-state index contributed by atoms with van der Waals surface area (Å²) >= 11 is 10.8. The molecule has 0 amide bonds. The minimum atomic E-state index is 0.234. The topological polar surface area (TPSA) is 53.6 Å². The van der Waals surface area contributed by atoms with Gasteiger partial charge in [-0.05, 0) is 24.6 Å². The molecule has 0 fully saturated rings. The Morgan fingerprint density at radius 2 is 2.21 bits per heavy atom. The number of rotatable bonds is 4. The summed E-state index contributed by atoms with van der Waals surface area (Å²) in [6.45, 7) is 4.30. The molecule has 1 aliphatic heterocycles. The standard InChI is InChI=1S/C13H17ClN4S/c1-9(10-2-4-11(14)5-3-10)18-7-6-16-13(18)17-8-12(15)19/h2-5,9H,6-8H2,1H3,(H2,15,19)(H,16,17). The van der Waals surface area contributed by atoms with Crippen molar-refractivity contribution in [3.63, 3.8) is 0 Å². The van der Waals surface area contributed by atoms with Crippen LogP contribution in [0.15, 0.2) is 29.3 Å². The molecule has 1 aromatic carbocycles.